The van der Waals surface area contributed by atoms with Gasteiger partial charge in [-0.2, -0.15) is 0 Å². The molecule has 0 N–H and O–H groups in total. The first-order valence-corrected chi connectivity index (χ1v) is 20.0. The van der Waals surface area contributed by atoms with Crippen LogP contribution in [0, 0.1) is 0 Å². The molecule has 1 unspecified atom stereocenters. The van der Waals surface area contributed by atoms with Gasteiger partial charge in [0.1, 0.15) is 11.5 Å². The summed E-state index contributed by atoms with van der Waals surface area (Å²) in [4.78, 5) is 12.3. The smallest absolute Gasteiger partial charge is 0.150 e. The maximum absolute atomic E-state index is 17.1. The first-order valence-electron chi connectivity index (χ1n) is 19.2. The van der Waals surface area contributed by atoms with Gasteiger partial charge in [0.15, 0.2) is 6.17 Å². The van der Waals surface area contributed by atoms with Gasteiger partial charge in [-0.25, -0.2) is 14.4 Å². The zero-order valence-electron chi connectivity index (χ0n) is 31.1. The van der Waals surface area contributed by atoms with E-state index in [0.717, 1.165) is 50.0 Å². The second kappa shape index (κ2) is 13.2. The molecule has 1 atom stereocenters. The van der Waals surface area contributed by atoms with Crippen molar-refractivity contribution in [2.45, 2.75) is 21.4 Å². The molecule has 0 saturated carbocycles. The number of aromatic nitrogens is 4. The number of fused-ring (bicyclic) bond motifs is 7. The Kier molecular flexibility index (Phi) is 7.76. The Hall–Kier alpha value is -6.76. The Morgan fingerprint density at radius 1 is 0.614 bits per heavy atom. The van der Waals surface area contributed by atoms with Crippen molar-refractivity contribution in [3.8, 4) is 17.1 Å². The fourth-order valence-corrected chi connectivity index (χ4v) is 10.3. The molecule has 6 heteroatoms. The molecular weight excluding hydrogens is 720 g/mol. The molecule has 272 valence electrons. The van der Waals surface area contributed by atoms with Crippen LogP contribution in [0.3, 0.4) is 0 Å². The van der Waals surface area contributed by atoms with Crippen molar-refractivity contribution in [3.63, 3.8) is 0 Å². The van der Waals surface area contributed by atoms with Crippen molar-refractivity contribution in [1.82, 2.24) is 19.1 Å². The zero-order chi connectivity index (χ0) is 38.1. The Bertz CT molecular complexity index is 3110. The number of para-hydroxylation sites is 2. The van der Waals surface area contributed by atoms with E-state index in [1.165, 1.54) is 32.0 Å². The quantitative estimate of drug-likeness (QED) is 0.170. The number of hydrogen-bond acceptors (Lipinski definition) is 3. The van der Waals surface area contributed by atoms with Crippen LogP contribution in [-0.2, 0) is 12.5 Å². The Labute approximate surface area is 333 Å². The van der Waals surface area contributed by atoms with Gasteiger partial charge in [0.2, 0.25) is 0 Å². The molecule has 11 rings (SSSR count). The standard InChI is InChI=1S/C51H35FN4S/c1-55-43-26-10-9-25-42(43)54-49(55)35-17-12-15-33(31-35)47(52)34-16-13-22-38(32-34)56-48-39(40-23-14-30-53-50(40)56)28-29-45-46(48)51(36-18-4-2-5-19-36,37-20-6-3-7-21-37)41-24-8-11-27-44(41)57-45/h2-32,47H,1H3. The molecule has 10 aromatic rings. The summed E-state index contributed by atoms with van der Waals surface area (Å²) >= 11 is 1.81. The first kappa shape index (κ1) is 33.6. The Morgan fingerprint density at radius 3 is 2.11 bits per heavy atom. The van der Waals surface area contributed by atoms with Gasteiger partial charge in [-0.05, 0) is 82.4 Å². The summed E-state index contributed by atoms with van der Waals surface area (Å²) in [5.41, 5.74) is 10.8. The van der Waals surface area contributed by atoms with E-state index in [-0.39, 0.29) is 0 Å². The van der Waals surface area contributed by atoms with Gasteiger partial charge in [-0.15, -0.1) is 0 Å². The lowest BCUT2D eigenvalue weighted by Gasteiger charge is -2.42. The molecule has 3 aromatic heterocycles. The number of rotatable bonds is 6. The van der Waals surface area contributed by atoms with E-state index in [0.29, 0.717) is 11.1 Å². The molecule has 0 bridgehead atoms. The van der Waals surface area contributed by atoms with Gasteiger partial charge in [0, 0.05) is 50.6 Å². The highest BCUT2D eigenvalue weighted by Crippen LogP contribution is 2.58. The molecule has 0 amide bonds. The number of nitrogens with zero attached hydrogens (tertiary/aromatic N) is 4. The summed E-state index contributed by atoms with van der Waals surface area (Å²) in [5, 5.41) is 2.15. The number of alkyl halides is 1. The van der Waals surface area contributed by atoms with Crippen LogP contribution in [0.4, 0.5) is 4.39 Å². The molecule has 4 heterocycles. The van der Waals surface area contributed by atoms with Crippen molar-refractivity contribution in [2.24, 2.45) is 7.05 Å². The Morgan fingerprint density at radius 2 is 1.32 bits per heavy atom. The number of aryl methyl sites for hydroxylation is 1. The third-order valence-corrected chi connectivity index (χ3v) is 12.7. The molecule has 4 nitrogen and oxygen atoms in total. The molecule has 7 aromatic carbocycles. The van der Waals surface area contributed by atoms with Crippen LogP contribution in [0.1, 0.15) is 39.6 Å². The summed E-state index contributed by atoms with van der Waals surface area (Å²) in [5.74, 6) is 0.805. The minimum Gasteiger partial charge on any atom is -0.327 e. The highest BCUT2D eigenvalue weighted by molar-refractivity contribution is 7.99. The number of hydrogen-bond donors (Lipinski definition) is 0. The number of halogens is 1. The highest BCUT2D eigenvalue weighted by atomic mass is 32.2. The topological polar surface area (TPSA) is 35.6 Å². The van der Waals surface area contributed by atoms with E-state index in [2.05, 4.69) is 124 Å². The molecule has 1 aliphatic heterocycles. The second-order valence-electron chi connectivity index (χ2n) is 14.7. The maximum atomic E-state index is 17.1. The van der Waals surface area contributed by atoms with Crippen LogP contribution in [0.2, 0.25) is 0 Å². The molecule has 57 heavy (non-hydrogen) atoms. The Balaban J connectivity index is 1.15. The van der Waals surface area contributed by atoms with Crippen LogP contribution in [0.15, 0.2) is 198 Å². The molecule has 0 radical (unpaired) electrons. The second-order valence-corrected chi connectivity index (χ2v) is 15.8. The number of pyridine rings is 1. The van der Waals surface area contributed by atoms with Crippen LogP contribution in [0.5, 0.6) is 0 Å². The monoisotopic (exact) mass is 754 g/mol. The largest absolute Gasteiger partial charge is 0.327 e. The highest BCUT2D eigenvalue weighted by Gasteiger charge is 2.46. The van der Waals surface area contributed by atoms with Crippen molar-refractivity contribution < 1.29 is 4.39 Å². The van der Waals surface area contributed by atoms with Crippen molar-refractivity contribution in [3.05, 3.63) is 222 Å². The van der Waals surface area contributed by atoms with E-state index in [1.807, 2.05) is 91.7 Å². The zero-order valence-corrected chi connectivity index (χ0v) is 31.9. The van der Waals surface area contributed by atoms with Crippen LogP contribution in [-0.4, -0.2) is 19.1 Å². The van der Waals surface area contributed by atoms with Gasteiger partial charge in [0.25, 0.3) is 0 Å². The van der Waals surface area contributed by atoms with Gasteiger partial charge >= 0.3 is 0 Å². The SMILES string of the molecule is Cn1c(-c2cccc(C(F)c3cccc(-n4c5ncccc5c5ccc6c(c54)C(c4ccccc4)(c4ccccc4)c4ccccc4S6)c3)c2)nc2ccccc21. The first-order chi connectivity index (χ1) is 28.1. The summed E-state index contributed by atoms with van der Waals surface area (Å²) < 4.78 is 21.4. The summed E-state index contributed by atoms with van der Waals surface area (Å²) in [7, 11) is 2.01. The average Bonchev–Trinajstić information content (AvgIpc) is 3.80. The fraction of sp³-hybridized carbons (Fsp3) is 0.0588. The van der Waals surface area contributed by atoms with Crippen molar-refractivity contribution in [1.29, 1.82) is 0 Å². The summed E-state index contributed by atoms with van der Waals surface area (Å²) in [6.45, 7) is 0. The van der Waals surface area contributed by atoms with E-state index in [1.54, 1.807) is 0 Å². The van der Waals surface area contributed by atoms with E-state index in [4.69, 9.17) is 9.97 Å². The molecular formula is C51H35FN4S. The minimum atomic E-state index is -1.37. The average molecular weight is 755 g/mol. The fourth-order valence-electron chi connectivity index (χ4n) is 9.13. The maximum Gasteiger partial charge on any atom is 0.150 e. The van der Waals surface area contributed by atoms with Gasteiger partial charge in [-0.1, -0.05) is 139 Å². The van der Waals surface area contributed by atoms with Crippen LogP contribution >= 0.6 is 11.8 Å². The van der Waals surface area contributed by atoms with E-state index >= 15 is 4.39 Å². The normalized spacial score (nSPS) is 13.8. The lowest BCUT2D eigenvalue weighted by atomic mass is 9.64. The van der Waals surface area contributed by atoms with E-state index in [9.17, 15) is 0 Å². The van der Waals surface area contributed by atoms with E-state index < -0.39 is 11.6 Å². The third-order valence-electron chi connectivity index (χ3n) is 11.6. The lowest BCUT2D eigenvalue weighted by Crippen LogP contribution is -2.34. The van der Waals surface area contributed by atoms with Crippen molar-refractivity contribution >= 4 is 44.7 Å². The summed E-state index contributed by atoms with van der Waals surface area (Å²) in [6, 6.07) is 62.9. The number of imidazole rings is 1. The number of benzene rings is 7. The summed E-state index contributed by atoms with van der Waals surface area (Å²) in [6.07, 6.45) is 0.481. The molecule has 0 fully saturated rings. The van der Waals surface area contributed by atoms with Crippen LogP contribution < -0.4 is 0 Å². The molecule has 1 aliphatic rings. The third kappa shape index (κ3) is 5.07. The lowest BCUT2D eigenvalue weighted by molar-refractivity contribution is 0.402. The van der Waals surface area contributed by atoms with Crippen molar-refractivity contribution in [2.75, 3.05) is 0 Å². The van der Waals surface area contributed by atoms with Gasteiger partial charge in [0.05, 0.1) is 22.0 Å². The predicted molar refractivity (Wildman–Crippen MR) is 230 cm³/mol. The van der Waals surface area contributed by atoms with Gasteiger partial charge in [-0.3, -0.25) is 4.57 Å². The predicted octanol–water partition coefficient (Wildman–Crippen LogP) is 12.6. The minimum absolute atomic E-state index is 0.572. The molecule has 0 saturated heterocycles. The van der Waals surface area contributed by atoms with Gasteiger partial charge < -0.3 is 4.57 Å². The molecule has 0 aliphatic carbocycles. The molecule has 0 spiro atoms. The van der Waals surface area contributed by atoms with Crippen LogP contribution in [0.25, 0.3) is 50.0 Å².